The third kappa shape index (κ3) is 4.91. The van der Waals surface area contributed by atoms with Crippen molar-refractivity contribution in [2.75, 3.05) is 24.2 Å². The number of anilines is 3. The SMILES string of the molecule is CN1CCC[C@H]1c1cc(F)c(NC2CCCCC2N)nc1Nc1ccc2nc(-c3ccccc3)cn2c1. The molecule has 2 fully saturated rings. The van der Waals surface area contributed by atoms with E-state index in [-0.39, 0.29) is 29.8 Å². The van der Waals surface area contributed by atoms with Crippen LogP contribution in [0, 0.1) is 5.82 Å². The van der Waals surface area contributed by atoms with Crippen molar-refractivity contribution in [1.82, 2.24) is 19.3 Å². The largest absolute Gasteiger partial charge is 0.363 e. The summed E-state index contributed by atoms with van der Waals surface area (Å²) in [5, 5.41) is 6.83. The molecule has 0 bridgehead atoms. The van der Waals surface area contributed by atoms with Gasteiger partial charge >= 0.3 is 0 Å². The van der Waals surface area contributed by atoms with Gasteiger partial charge in [0.15, 0.2) is 11.6 Å². The van der Waals surface area contributed by atoms with Crippen molar-refractivity contribution in [3.05, 3.63) is 72.3 Å². The minimum Gasteiger partial charge on any atom is -0.363 e. The minimum absolute atomic E-state index is 0.00876. The first-order valence-electron chi connectivity index (χ1n) is 13.3. The smallest absolute Gasteiger partial charge is 0.165 e. The molecule has 3 aromatic heterocycles. The van der Waals surface area contributed by atoms with E-state index in [4.69, 9.17) is 15.7 Å². The number of hydrogen-bond donors (Lipinski definition) is 3. The summed E-state index contributed by atoms with van der Waals surface area (Å²) in [5.41, 5.74) is 10.9. The van der Waals surface area contributed by atoms with Gasteiger partial charge in [0.1, 0.15) is 11.5 Å². The van der Waals surface area contributed by atoms with Crippen LogP contribution in [0.1, 0.15) is 50.1 Å². The summed E-state index contributed by atoms with van der Waals surface area (Å²) in [5.74, 6) is 0.621. The third-order valence-electron chi connectivity index (χ3n) is 7.81. The topological polar surface area (TPSA) is 83.5 Å². The number of hydrogen-bond acceptors (Lipinski definition) is 6. The van der Waals surface area contributed by atoms with Crippen molar-refractivity contribution in [1.29, 1.82) is 0 Å². The summed E-state index contributed by atoms with van der Waals surface area (Å²) in [7, 11) is 2.09. The van der Waals surface area contributed by atoms with E-state index in [1.54, 1.807) is 6.07 Å². The molecule has 4 aromatic rings. The predicted molar refractivity (Wildman–Crippen MR) is 147 cm³/mol. The average molecular weight is 500 g/mol. The van der Waals surface area contributed by atoms with E-state index in [9.17, 15) is 0 Å². The van der Waals surface area contributed by atoms with Crippen molar-refractivity contribution in [3.8, 4) is 11.3 Å². The number of nitrogens with zero attached hydrogens (tertiary/aromatic N) is 4. The Bertz CT molecular complexity index is 1390. The average Bonchev–Trinajstić information content (AvgIpc) is 3.53. The first-order chi connectivity index (χ1) is 18.0. The lowest BCUT2D eigenvalue weighted by Gasteiger charge is -2.30. The highest BCUT2D eigenvalue weighted by Gasteiger charge is 2.29. The van der Waals surface area contributed by atoms with Gasteiger partial charge in [0.2, 0.25) is 0 Å². The van der Waals surface area contributed by atoms with E-state index in [1.165, 1.54) is 0 Å². The van der Waals surface area contributed by atoms with Gasteiger partial charge in [0, 0.05) is 41.6 Å². The second-order valence-corrected chi connectivity index (χ2v) is 10.4. The molecule has 37 heavy (non-hydrogen) atoms. The Hall–Kier alpha value is -3.49. The molecule has 2 unspecified atom stereocenters. The highest BCUT2D eigenvalue weighted by atomic mass is 19.1. The van der Waals surface area contributed by atoms with Gasteiger partial charge in [-0.05, 0) is 57.5 Å². The molecular formula is C29H34FN7. The first kappa shape index (κ1) is 23.9. The molecule has 3 atom stereocenters. The van der Waals surface area contributed by atoms with Crippen molar-refractivity contribution in [2.24, 2.45) is 5.73 Å². The van der Waals surface area contributed by atoms with Crippen molar-refractivity contribution in [2.45, 2.75) is 56.7 Å². The lowest BCUT2D eigenvalue weighted by atomic mass is 9.91. The van der Waals surface area contributed by atoms with Crippen LogP contribution in [0.25, 0.3) is 16.9 Å². The third-order valence-corrected chi connectivity index (χ3v) is 7.81. The molecule has 1 aliphatic heterocycles. The summed E-state index contributed by atoms with van der Waals surface area (Å²) in [6, 6.07) is 15.9. The predicted octanol–water partition coefficient (Wildman–Crippen LogP) is 5.73. The number of aromatic nitrogens is 3. The van der Waals surface area contributed by atoms with Crippen LogP contribution in [0.4, 0.5) is 21.7 Å². The molecule has 2 aliphatic rings. The molecule has 1 aliphatic carbocycles. The van der Waals surface area contributed by atoms with Gasteiger partial charge < -0.3 is 20.8 Å². The highest BCUT2D eigenvalue weighted by Crippen LogP contribution is 2.37. The van der Waals surface area contributed by atoms with Crippen LogP contribution in [0.2, 0.25) is 0 Å². The highest BCUT2D eigenvalue weighted by molar-refractivity contribution is 5.67. The maximum Gasteiger partial charge on any atom is 0.165 e. The van der Waals surface area contributed by atoms with Gasteiger partial charge in [0.05, 0.1) is 11.4 Å². The number of rotatable bonds is 6. The number of nitrogens with one attached hydrogen (secondary N) is 2. The lowest BCUT2D eigenvalue weighted by Crippen LogP contribution is -2.43. The van der Waals surface area contributed by atoms with Crippen LogP contribution >= 0.6 is 0 Å². The zero-order chi connectivity index (χ0) is 25.4. The first-order valence-corrected chi connectivity index (χ1v) is 13.3. The summed E-state index contributed by atoms with van der Waals surface area (Å²) in [6.45, 7) is 0.992. The molecule has 0 spiro atoms. The van der Waals surface area contributed by atoms with E-state index >= 15 is 4.39 Å². The summed E-state index contributed by atoms with van der Waals surface area (Å²) in [6.07, 6.45) is 10.2. The maximum atomic E-state index is 15.4. The molecule has 7 nitrogen and oxygen atoms in total. The number of imidazole rings is 1. The van der Waals surface area contributed by atoms with Gasteiger partial charge in [-0.25, -0.2) is 14.4 Å². The van der Waals surface area contributed by atoms with Crippen LogP contribution in [-0.4, -0.2) is 44.9 Å². The minimum atomic E-state index is -0.323. The monoisotopic (exact) mass is 499 g/mol. The van der Waals surface area contributed by atoms with E-state index in [1.807, 2.05) is 47.1 Å². The van der Waals surface area contributed by atoms with E-state index in [0.29, 0.717) is 5.82 Å². The van der Waals surface area contributed by atoms with Gasteiger partial charge in [-0.3, -0.25) is 4.90 Å². The Labute approximate surface area is 216 Å². The van der Waals surface area contributed by atoms with Gasteiger partial charge in [-0.2, -0.15) is 0 Å². The Kier molecular flexibility index (Phi) is 6.52. The van der Waals surface area contributed by atoms with Crippen molar-refractivity contribution >= 4 is 23.0 Å². The second-order valence-electron chi connectivity index (χ2n) is 10.4. The van der Waals surface area contributed by atoms with Crippen molar-refractivity contribution < 1.29 is 4.39 Å². The van der Waals surface area contributed by atoms with E-state index < -0.39 is 0 Å². The molecule has 1 saturated heterocycles. The molecule has 4 N–H and O–H groups in total. The number of benzene rings is 1. The Morgan fingerprint density at radius 1 is 0.946 bits per heavy atom. The molecule has 1 aromatic carbocycles. The standard InChI is InChI=1S/C29H34FN7/c1-36-15-7-12-26(36)21-16-22(30)29(34-24-11-6-5-10-23(24)31)35-28(21)32-20-13-14-27-33-25(18-37(27)17-20)19-8-3-2-4-9-19/h2-4,8-9,13-14,16-18,23-24,26H,5-7,10-12,15,31H2,1H3,(H2,32,34,35)/t23?,24?,26-/m0/s1. The molecule has 192 valence electrons. The molecule has 6 rings (SSSR count). The normalized spacial score (nSPS) is 22.4. The second kappa shape index (κ2) is 10.1. The zero-order valence-corrected chi connectivity index (χ0v) is 21.2. The van der Waals surface area contributed by atoms with Crippen LogP contribution < -0.4 is 16.4 Å². The zero-order valence-electron chi connectivity index (χ0n) is 21.2. The summed E-state index contributed by atoms with van der Waals surface area (Å²) >= 11 is 0. The van der Waals surface area contributed by atoms with E-state index in [0.717, 1.165) is 73.2 Å². The van der Waals surface area contributed by atoms with Crippen molar-refractivity contribution in [3.63, 3.8) is 0 Å². The fraction of sp³-hybridized carbons (Fsp3) is 0.379. The van der Waals surface area contributed by atoms with Gasteiger partial charge in [0.25, 0.3) is 0 Å². The number of fused-ring (bicyclic) bond motifs is 1. The number of pyridine rings is 2. The van der Waals surface area contributed by atoms with Crippen LogP contribution in [0.3, 0.4) is 0 Å². The lowest BCUT2D eigenvalue weighted by molar-refractivity contribution is 0.317. The van der Waals surface area contributed by atoms with Gasteiger partial charge in [-0.15, -0.1) is 0 Å². The van der Waals surface area contributed by atoms with Gasteiger partial charge in [-0.1, -0.05) is 43.2 Å². The quantitative estimate of drug-likeness (QED) is 0.314. The van der Waals surface area contributed by atoms with Crippen LogP contribution in [0.15, 0.2) is 60.9 Å². The number of nitrogens with two attached hydrogens (primary N) is 1. The summed E-state index contributed by atoms with van der Waals surface area (Å²) in [4.78, 5) is 11.8. The fourth-order valence-electron chi connectivity index (χ4n) is 5.73. The molecule has 0 radical (unpaired) electrons. The Balaban J connectivity index is 1.34. The summed E-state index contributed by atoms with van der Waals surface area (Å²) < 4.78 is 17.4. The molecule has 8 heteroatoms. The van der Waals surface area contributed by atoms with E-state index in [2.05, 4.69) is 34.7 Å². The maximum absolute atomic E-state index is 15.4. The Morgan fingerprint density at radius 3 is 2.57 bits per heavy atom. The fourth-order valence-corrected chi connectivity index (χ4v) is 5.73. The molecule has 0 amide bonds. The molecule has 1 saturated carbocycles. The van der Waals surface area contributed by atoms with Crippen LogP contribution in [-0.2, 0) is 0 Å². The molecular weight excluding hydrogens is 465 g/mol. The number of halogens is 1. The molecule has 4 heterocycles. The number of likely N-dealkylation sites (tertiary alicyclic amines) is 1. The Morgan fingerprint density at radius 2 is 1.78 bits per heavy atom. The van der Waals surface area contributed by atoms with Crippen LogP contribution in [0.5, 0.6) is 0 Å².